The van der Waals surface area contributed by atoms with Gasteiger partial charge in [0.1, 0.15) is 5.69 Å². The Labute approximate surface area is 142 Å². The highest BCUT2D eigenvalue weighted by Gasteiger charge is 2.18. The fourth-order valence-electron chi connectivity index (χ4n) is 2.65. The van der Waals surface area contributed by atoms with Gasteiger partial charge in [-0.1, -0.05) is 6.07 Å². The summed E-state index contributed by atoms with van der Waals surface area (Å²) in [4.78, 5) is 20.8. The maximum Gasteiger partial charge on any atom is 0.274 e. The van der Waals surface area contributed by atoms with Crippen molar-refractivity contribution in [3.63, 3.8) is 0 Å². The van der Waals surface area contributed by atoms with Crippen LogP contribution in [0.15, 0.2) is 42.6 Å². The van der Waals surface area contributed by atoms with Crippen molar-refractivity contribution in [2.24, 2.45) is 0 Å². The third kappa shape index (κ3) is 3.65. The summed E-state index contributed by atoms with van der Waals surface area (Å²) in [6, 6.07) is 11.3. The van der Waals surface area contributed by atoms with Crippen LogP contribution < -0.4 is 15.1 Å². The SMILES string of the molecule is CN(C)c1ccc(NC(=O)c2ccccn2)c(N2CCOCC2)c1. The van der Waals surface area contributed by atoms with Crippen molar-refractivity contribution < 1.29 is 9.53 Å². The Morgan fingerprint density at radius 2 is 2.00 bits per heavy atom. The molecule has 6 heteroatoms. The van der Waals surface area contributed by atoms with Crippen LogP contribution in [0.5, 0.6) is 0 Å². The van der Waals surface area contributed by atoms with Gasteiger partial charge in [0.25, 0.3) is 5.91 Å². The van der Waals surface area contributed by atoms with E-state index in [1.165, 1.54) is 0 Å². The Kier molecular flexibility index (Phi) is 4.96. The van der Waals surface area contributed by atoms with Gasteiger partial charge in [-0.3, -0.25) is 9.78 Å². The summed E-state index contributed by atoms with van der Waals surface area (Å²) < 4.78 is 5.44. The molecule has 0 radical (unpaired) electrons. The number of aromatic nitrogens is 1. The summed E-state index contributed by atoms with van der Waals surface area (Å²) in [7, 11) is 4.01. The van der Waals surface area contributed by atoms with Crippen LogP contribution in [0, 0.1) is 0 Å². The topological polar surface area (TPSA) is 57.7 Å². The fourth-order valence-corrected chi connectivity index (χ4v) is 2.65. The van der Waals surface area contributed by atoms with E-state index in [2.05, 4.69) is 21.3 Å². The van der Waals surface area contributed by atoms with Gasteiger partial charge in [-0.05, 0) is 30.3 Å². The van der Waals surface area contributed by atoms with Crippen molar-refractivity contribution in [3.05, 3.63) is 48.3 Å². The Bertz CT molecular complexity index is 697. The van der Waals surface area contributed by atoms with Crippen molar-refractivity contribution >= 4 is 23.0 Å². The molecule has 0 saturated carbocycles. The highest BCUT2D eigenvalue weighted by Crippen LogP contribution is 2.31. The third-order valence-corrected chi connectivity index (χ3v) is 4.00. The number of hydrogen-bond acceptors (Lipinski definition) is 5. The molecule has 0 unspecified atom stereocenters. The molecule has 1 amide bonds. The largest absolute Gasteiger partial charge is 0.378 e. The molecule has 6 nitrogen and oxygen atoms in total. The molecule has 1 aliphatic heterocycles. The van der Waals surface area contributed by atoms with Crippen molar-refractivity contribution in [2.45, 2.75) is 0 Å². The highest BCUT2D eigenvalue weighted by molar-refractivity contribution is 6.04. The van der Waals surface area contributed by atoms with E-state index in [9.17, 15) is 4.79 Å². The van der Waals surface area contributed by atoms with Gasteiger partial charge in [-0.25, -0.2) is 0 Å². The second kappa shape index (κ2) is 7.31. The molecule has 2 heterocycles. The lowest BCUT2D eigenvalue weighted by molar-refractivity contribution is 0.102. The molecule has 0 aliphatic carbocycles. The summed E-state index contributed by atoms with van der Waals surface area (Å²) in [5.41, 5.74) is 3.29. The number of benzene rings is 1. The Hall–Kier alpha value is -2.60. The molecule has 0 atom stereocenters. The molecule has 0 bridgehead atoms. The van der Waals surface area contributed by atoms with Crippen LogP contribution in [0.3, 0.4) is 0 Å². The number of carbonyl (C=O) groups excluding carboxylic acids is 1. The van der Waals surface area contributed by atoms with Gasteiger partial charge in [-0.15, -0.1) is 0 Å². The monoisotopic (exact) mass is 326 g/mol. The molecule has 1 aromatic heterocycles. The number of ether oxygens (including phenoxy) is 1. The normalized spacial score (nSPS) is 14.3. The number of amides is 1. The van der Waals surface area contributed by atoms with Crippen molar-refractivity contribution in [1.29, 1.82) is 0 Å². The zero-order valence-electron chi connectivity index (χ0n) is 14.0. The molecule has 126 valence electrons. The predicted molar refractivity (Wildman–Crippen MR) is 96.0 cm³/mol. The molecule has 0 spiro atoms. The Morgan fingerprint density at radius 3 is 2.67 bits per heavy atom. The van der Waals surface area contributed by atoms with Gasteiger partial charge in [0, 0.05) is 39.1 Å². The molecule has 2 aromatic rings. The van der Waals surface area contributed by atoms with E-state index in [-0.39, 0.29) is 5.91 Å². The third-order valence-electron chi connectivity index (χ3n) is 4.00. The van der Waals surface area contributed by atoms with Crippen molar-refractivity contribution in [3.8, 4) is 0 Å². The van der Waals surface area contributed by atoms with E-state index in [0.29, 0.717) is 18.9 Å². The van der Waals surface area contributed by atoms with Gasteiger partial charge in [0.05, 0.1) is 24.6 Å². The average Bonchev–Trinajstić information content (AvgIpc) is 2.63. The number of morpholine rings is 1. The zero-order valence-corrected chi connectivity index (χ0v) is 14.0. The first-order valence-corrected chi connectivity index (χ1v) is 8.01. The minimum Gasteiger partial charge on any atom is -0.378 e. The quantitative estimate of drug-likeness (QED) is 0.934. The summed E-state index contributed by atoms with van der Waals surface area (Å²) in [6.45, 7) is 3.01. The smallest absolute Gasteiger partial charge is 0.274 e. The molecule has 1 fully saturated rings. The molecule has 1 saturated heterocycles. The Balaban J connectivity index is 1.89. The highest BCUT2D eigenvalue weighted by atomic mass is 16.5. The van der Waals surface area contributed by atoms with Crippen LogP contribution >= 0.6 is 0 Å². The van der Waals surface area contributed by atoms with Gasteiger partial charge in [0.2, 0.25) is 0 Å². The number of pyridine rings is 1. The first kappa shape index (κ1) is 16.3. The number of carbonyl (C=O) groups is 1. The van der Waals surface area contributed by atoms with Gasteiger partial charge < -0.3 is 19.9 Å². The van der Waals surface area contributed by atoms with E-state index in [4.69, 9.17) is 4.74 Å². The van der Waals surface area contributed by atoms with Crippen molar-refractivity contribution in [1.82, 2.24) is 4.98 Å². The molecule has 1 aliphatic rings. The van der Waals surface area contributed by atoms with E-state index in [1.54, 1.807) is 24.4 Å². The maximum absolute atomic E-state index is 12.4. The van der Waals surface area contributed by atoms with E-state index >= 15 is 0 Å². The lowest BCUT2D eigenvalue weighted by Gasteiger charge is -2.31. The number of nitrogens with zero attached hydrogens (tertiary/aromatic N) is 3. The lowest BCUT2D eigenvalue weighted by Crippen LogP contribution is -2.37. The number of nitrogens with one attached hydrogen (secondary N) is 1. The van der Waals surface area contributed by atoms with Crippen LogP contribution in [0.25, 0.3) is 0 Å². The standard InChI is InChI=1S/C18H22N4O2/c1-21(2)14-6-7-15(17(13-14)22-9-11-24-12-10-22)20-18(23)16-5-3-4-8-19-16/h3-8,13H,9-12H2,1-2H3,(H,20,23). The summed E-state index contributed by atoms with van der Waals surface area (Å²) in [5, 5.41) is 2.99. The molecule has 1 N–H and O–H groups in total. The van der Waals surface area contributed by atoms with Crippen LogP contribution in [-0.4, -0.2) is 51.3 Å². The molecule has 24 heavy (non-hydrogen) atoms. The van der Waals surface area contributed by atoms with E-state index in [1.807, 2.05) is 31.1 Å². The lowest BCUT2D eigenvalue weighted by atomic mass is 10.2. The number of hydrogen-bond donors (Lipinski definition) is 1. The second-order valence-electron chi connectivity index (χ2n) is 5.86. The van der Waals surface area contributed by atoms with Crippen LogP contribution in [0.2, 0.25) is 0 Å². The van der Waals surface area contributed by atoms with Crippen LogP contribution in [-0.2, 0) is 4.74 Å². The molecular weight excluding hydrogens is 304 g/mol. The summed E-state index contributed by atoms with van der Waals surface area (Å²) in [5.74, 6) is -0.206. The molecule has 3 rings (SSSR count). The van der Waals surface area contributed by atoms with E-state index in [0.717, 1.165) is 30.2 Å². The van der Waals surface area contributed by atoms with Gasteiger partial charge in [-0.2, -0.15) is 0 Å². The van der Waals surface area contributed by atoms with Crippen LogP contribution in [0.4, 0.5) is 17.1 Å². The van der Waals surface area contributed by atoms with E-state index < -0.39 is 0 Å². The van der Waals surface area contributed by atoms with Gasteiger partial charge in [0.15, 0.2) is 0 Å². The summed E-state index contributed by atoms with van der Waals surface area (Å²) in [6.07, 6.45) is 1.62. The Morgan fingerprint density at radius 1 is 1.21 bits per heavy atom. The second-order valence-corrected chi connectivity index (χ2v) is 5.86. The summed E-state index contributed by atoms with van der Waals surface area (Å²) >= 11 is 0. The maximum atomic E-state index is 12.4. The fraction of sp³-hybridized carbons (Fsp3) is 0.333. The minimum atomic E-state index is -0.206. The minimum absolute atomic E-state index is 0.206. The first-order valence-electron chi connectivity index (χ1n) is 8.01. The number of rotatable bonds is 4. The molecule has 1 aromatic carbocycles. The zero-order chi connectivity index (χ0) is 16.9. The van der Waals surface area contributed by atoms with Crippen LogP contribution in [0.1, 0.15) is 10.5 Å². The average molecular weight is 326 g/mol. The van der Waals surface area contributed by atoms with Gasteiger partial charge >= 0.3 is 0 Å². The first-order chi connectivity index (χ1) is 11.6. The number of anilines is 3. The van der Waals surface area contributed by atoms with Crippen molar-refractivity contribution in [2.75, 3.05) is 55.5 Å². The predicted octanol–water partition coefficient (Wildman–Crippen LogP) is 2.24. The molecular formula is C18H22N4O2.